The van der Waals surface area contributed by atoms with Crippen molar-refractivity contribution in [2.24, 2.45) is 5.92 Å². The molecule has 1 unspecified atom stereocenters. The molecule has 1 atom stereocenters. The summed E-state index contributed by atoms with van der Waals surface area (Å²) in [6.45, 7) is 3.47. The highest BCUT2D eigenvalue weighted by molar-refractivity contribution is 5.79. The minimum Gasteiger partial charge on any atom is -0.474 e. The number of aromatic nitrogens is 1. The van der Waals surface area contributed by atoms with Crippen molar-refractivity contribution in [1.82, 2.24) is 14.8 Å². The molecule has 0 radical (unpaired) electrons. The van der Waals surface area contributed by atoms with Crippen LogP contribution in [0.3, 0.4) is 0 Å². The predicted molar refractivity (Wildman–Crippen MR) is 89.4 cm³/mol. The van der Waals surface area contributed by atoms with E-state index in [1.807, 2.05) is 11.0 Å². The van der Waals surface area contributed by atoms with E-state index >= 15 is 0 Å². The van der Waals surface area contributed by atoms with Gasteiger partial charge in [-0.05, 0) is 32.5 Å². The fraction of sp³-hybridized carbons (Fsp3) is 0.611. The molecule has 2 aliphatic heterocycles. The summed E-state index contributed by atoms with van der Waals surface area (Å²) in [5.74, 6) is 1.01. The van der Waals surface area contributed by atoms with E-state index in [1.165, 1.54) is 6.20 Å². The molecule has 0 spiro atoms. The fourth-order valence-electron chi connectivity index (χ4n) is 3.51. The van der Waals surface area contributed by atoms with Crippen LogP contribution in [-0.4, -0.2) is 60.0 Å². The van der Waals surface area contributed by atoms with E-state index in [1.54, 1.807) is 12.1 Å². The smallest absolute Gasteiger partial charge is 0.226 e. The Hall–Kier alpha value is -2.13. The fourth-order valence-corrected chi connectivity index (χ4v) is 3.51. The Kier molecular flexibility index (Phi) is 5.31. The Labute approximate surface area is 143 Å². The molecule has 1 amide bonds. The monoisotopic (exact) mass is 328 g/mol. The molecule has 0 aromatic carbocycles. The zero-order valence-electron chi connectivity index (χ0n) is 14.1. The number of nitrogens with zero attached hydrogens (tertiary/aromatic N) is 4. The molecule has 3 heterocycles. The van der Waals surface area contributed by atoms with Crippen LogP contribution < -0.4 is 4.74 Å². The second-order valence-electron chi connectivity index (χ2n) is 6.74. The van der Waals surface area contributed by atoms with Crippen molar-refractivity contribution in [1.29, 1.82) is 5.26 Å². The van der Waals surface area contributed by atoms with E-state index in [0.717, 1.165) is 51.9 Å². The molecule has 2 aliphatic rings. The number of ether oxygens (including phenoxy) is 1. The molecular weight excluding hydrogens is 304 g/mol. The van der Waals surface area contributed by atoms with Gasteiger partial charge in [-0.2, -0.15) is 5.26 Å². The second-order valence-corrected chi connectivity index (χ2v) is 6.74. The quantitative estimate of drug-likeness (QED) is 0.844. The lowest BCUT2D eigenvalue weighted by atomic mass is 9.95. The zero-order valence-corrected chi connectivity index (χ0v) is 14.1. The summed E-state index contributed by atoms with van der Waals surface area (Å²) in [7, 11) is 2.09. The molecule has 6 nitrogen and oxygen atoms in total. The van der Waals surface area contributed by atoms with Gasteiger partial charge in [0.15, 0.2) is 0 Å². The van der Waals surface area contributed by atoms with Crippen molar-refractivity contribution < 1.29 is 9.53 Å². The van der Waals surface area contributed by atoms with Gasteiger partial charge in [0.05, 0.1) is 11.5 Å². The van der Waals surface area contributed by atoms with Crippen LogP contribution in [0.1, 0.15) is 31.2 Å². The summed E-state index contributed by atoms with van der Waals surface area (Å²) < 4.78 is 5.88. The van der Waals surface area contributed by atoms with E-state index in [2.05, 4.69) is 16.9 Å². The highest BCUT2D eigenvalue weighted by atomic mass is 16.5. The number of piperidine rings is 2. The maximum Gasteiger partial charge on any atom is 0.226 e. The van der Waals surface area contributed by atoms with Crippen LogP contribution in [0.15, 0.2) is 18.3 Å². The molecule has 6 heteroatoms. The van der Waals surface area contributed by atoms with Gasteiger partial charge in [-0.25, -0.2) is 4.98 Å². The summed E-state index contributed by atoms with van der Waals surface area (Å²) in [4.78, 5) is 21.0. The van der Waals surface area contributed by atoms with E-state index in [9.17, 15) is 4.79 Å². The number of hydrogen-bond donors (Lipinski definition) is 0. The van der Waals surface area contributed by atoms with E-state index < -0.39 is 0 Å². The van der Waals surface area contributed by atoms with E-state index in [4.69, 9.17) is 10.00 Å². The number of likely N-dealkylation sites (tertiary alicyclic amines) is 2. The normalized spacial score (nSPS) is 22.8. The molecule has 0 aliphatic carbocycles. The third-order valence-electron chi connectivity index (χ3n) is 4.88. The standard InChI is InChI=1S/C18H24N4O2/c1-21-8-2-3-15(13-21)18(23)22-9-6-16(7-10-22)24-17-5-4-14(11-19)12-20-17/h4-5,12,15-16H,2-3,6-10,13H2,1H3. The molecule has 128 valence electrons. The van der Waals surface area contributed by atoms with Crippen LogP contribution in [0, 0.1) is 17.2 Å². The van der Waals surface area contributed by atoms with Crippen LogP contribution in [0.25, 0.3) is 0 Å². The topological polar surface area (TPSA) is 69.5 Å². The van der Waals surface area contributed by atoms with E-state index in [-0.39, 0.29) is 12.0 Å². The molecule has 0 saturated carbocycles. The van der Waals surface area contributed by atoms with Crippen molar-refractivity contribution in [3.05, 3.63) is 23.9 Å². The van der Waals surface area contributed by atoms with Gasteiger partial charge in [-0.3, -0.25) is 4.79 Å². The first-order valence-electron chi connectivity index (χ1n) is 8.66. The molecule has 1 aromatic rings. The molecule has 0 N–H and O–H groups in total. The first kappa shape index (κ1) is 16.7. The lowest BCUT2D eigenvalue weighted by Gasteiger charge is -2.36. The number of nitriles is 1. The first-order valence-corrected chi connectivity index (χ1v) is 8.66. The van der Waals surface area contributed by atoms with Gasteiger partial charge in [0, 0.05) is 44.7 Å². The van der Waals surface area contributed by atoms with Crippen LogP contribution in [0.2, 0.25) is 0 Å². The molecule has 24 heavy (non-hydrogen) atoms. The van der Waals surface area contributed by atoms with Crippen LogP contribution in [-0.2, 0) is 4.79 Å². The third-order valence-corrected chi connectivity index (χ3v) is 4.88. The molecule has 2 saturated heterocycles. The number of pyridine rings is 1. The van der Waals surface area contributed by atoms with Gasteiger partial charge < -0.3 is 14.5 Å². The van der Waals surface area contributed by atoms with Gasteiger partial charge in [-0.15, -0.1) is 0 Å². The number of carbonyl (C=O) groups excluding carboxylic acids is 1. The van der Waals surface area contributed by atoms with Crippen molar-refractivity contribution in [3.8, 4) is 11.9 Å². The third kappa shape index (κ3) is 4.04. The summed E-state index contributed by atoms with van der Waals surface area (Å²) in [6.07, 6.45) is 5.38. The van der Waals surface area contributed by atoms with Gasteiger partial charge >= 0.3 is 0 Å². The van der Waals surface area contributed by atoms with Crippen molar-refractivity contribution in [2.75, 3.05) is 33.2 Å². The lowest BCUT2D eigenvalue weighted by Crippen LogP contribution is -2.47. The van der Waals surface area contributed by atoms with Gasteiger partial charge in [0.1, 0.15) is 12.2 Å². The van der Waals surface area contributed by atoms with Crippen LogP contribution >= 0.6 is 0 Å². The van der Waals surface area contributed by atoms with Crippen molar-refractivity contribution >= 4 is 5.91 Å². The highest BCUT2D eigenvalue weighted by Gasteiger charge is 2.31. The number of rotatable bonds is 3. The minimum atomic E-state index is 0.0866. The molecular formula is C18H24N4O2. The predicted octanol–water partition coefficient (Wildman–Crippen LogP) is 1.66. The number of carbonyl (C=O) groups is 1. The molecule has 2 fully saturated rings. The summed E-state index contributed by atoms with van der Waals surface area (Å²) in [6, 6.07) is 5.48. The Morgan fingerprint density at radius 2 is 2.08 bits per heavy atom. The maximum absolute atomic E-state index is 12.6. The van der Waals surface area contributed by atoms with Gasteiger partial charge in [-0.1, -0.05) is 0 Å². The van der Waals surface area contributed by atoms with Crippen molar-refractivity contribution in [3.63, 3.8) is 0 Å². The Morgan fingerprint density at radius 1 is 1.29 bits per heavy atom. The average molecular weight is 328 g/mol. The number of hydrogen-bond acceptors (Lipinski definition) is 5. The van der Waals surface area contributed by atoms with Crippen LogP contribution in [0.5, 0.6) is 5.88 Å². The number of amides is 1. The highest BCUT2D eigenvalue weighted by Crippen LogP contribution is 2.22. The Bertz CT molecular complexity index is 602. The largest absolute Gasteiger partial charge is 0.474 e. The summed E-state index contributed by atoms with van der Waals surface area (Å²) in [5.41, 5.74) is 0.528. The van der Waals surface area contributed by atoms with Crippen molar-refractivity contribution in [2.45, 2.75) is 31.8 Å². The zero-order chi connectivity index (χ0) is 16.9. The first-order chi connectivity index (χ1) is 11.7. The Balaban J connectivity index is 1.48. The summed E-state index contributed by atoms with van der Waals surface area (Å²) in [5, 5.41) is 8.78. The van der Waals surface area contributed by atoms with E-state index in [0.29, 0.717) is 17.4 Å². The Morgan fingerprint density at radius 3 is 2.71 bits per heavy atom. The molecule has 3 rings (SSSR count). The SMILES string of the molecule is CN1CCCC(C(=O)N2CCC(Oc3ccc(C#N)cn3)CC2)C1. The lowest BCUT2D eigenvalue weighted by molar-refractivity contribution is -0.139. The molecule has 0 bridgehead atoms. The maximum atomic E-state index is 12.6. The molecule has 1 aromatic heterocycles. The van der Waals surface area contributed by atoms with Gasteiger partial charge in [0.25, 0.3) is 0 Å². The minimum absolute atomic E-state index is 0.0866. The average Bonchev–Trinajstić information content (AvgIpc) is 2.62. The summed E-state index contributed by atoms with van der Waals surface area (Å²) >= 11 is 0. The van der Waals surface area contributed by atoms with Crippen LogP contribution in [0.4, 0.5) is 0 Å². The second kappa shape index (κ2) is 7.63. The van der Waals surface area contributed by atoms with Gasteiger partial charge in [0.2, 0.25) is 11.8 Å².